The van der Waals surface area contributed by atoms with Crippen LogP contribution in [0.15, 0.2) is 30.3 Å². The molecule has 5 nitrogen and oxygen atoms in total. The molecule has 2 saturated carbocycles. The molecule has 30 heavy (non-hydrogen) atoms. The quantitative estimate of drug-likeness (QED) is 0.728. The Labute approximate surface area is 180 Å². The van der Waals surface area contributed by atoms with Gasteiger partial charge in [-0.2, -0.15) is 0 Å². The molecule has 1 N–H and O–H groups in total. The van der Waals surface area contributed by atoms with Crippen molar-refractivity contribution in [3.8, 4) is 0 Å². The number of carbonyl (C=O) groups is 2. The molecule has 1 aromatic rings. The van der Waals surface area contributed by atoms with E-state index in [-0.39, 0.29) is 23.8 Å². The smallest absolute Gasteiger partial charge is 0.310 e. The number of hydrogen-bond acceptors (Lipinski definition) is 4. The van der Waals surface area contributed by atoms with Crippen molar-refractivity contribution in [1.29, 1.82) is 0 Å². The van der Waals surface area contributed by atoms with Gasteiger partial charge in [0.05, 0.1) is 19.6 Å². The van der Waals surface area contributed by atoms with E-state index >= 15 is 0 Å². The summed E-state index contributed by atoms with van der Waals surface area (Å²) >= 11 is 0. The molecule has 0 spiro atoms. The van der Waals surface area contributed by atoms with Crippen LogP contribution in [0.3, 0.4) is 0 Å². The SMILES string of the molecule is COC(=O)C1CC2CCCCC2C1NC(=O)CN1CCC(Cc2ccccc2)CC1. The van der Waals surface area contributed by atoms with E-state index in [1.165, 1.54) is 31.9 Å². The van der Waals surface area contributed by atoms with E-state index in [4.69, 9.17) is 4.74 Å². The van der Waals surface area contributed by atoms with Gasteiger partial charge in [-0.1, -0.05) is 49.6 Å². The fourth-order valence-electron chi connectivity index (χ4n) is 6.11. The zero-order chi connectivity index (χ0) is 20.9. The number of methoxy groups -OCH3 is 1. The first kappa shape index (κ1) is 21.4. The third-order valence-corrected chi connectivity index (χ3v) is 7.69. The first-order valence-electron chi connectivity index (χ1n) is 11.8. The number of amides is 1. The highest BCUT2D eigenvalue weighted by Gasteiger charge is 2.48. The Kier molecular flexibility index (Phi) is 7.08. The molecule has 3 fully saturated rings. The minimum atomic E-state index is -0.177. The Morgan fingerprint density at radius 3 is 2.53 bits per heavy atom. The summed E-state index contributed by atoms with van der Waals surface area (Å²) in [7, 11) is 1.46. The van der Waals surface area contributed by atoms with Crippen LogP contribution in [-0.4, -0.2) is 49.6 Å². The van der Waals surface area contributed by atoms with Crippen LogP contribution >= 0.6 is 0 Å². The predicted octanol–water partition coefficient (Wildman–Crippen LogP) is 3.43. The zero-order valence-electron chi connectivity index (χ0n) is 18.2. The van der Waals surface area contributed by atoms with Gasteiger partial charge in [0.2, 0.25) is 5.91 Å². The number of piperidine rings is 1. The second-order valence-electron chi connectivity index (χ2n) is 9.58. The lowest BCUT2D eigenvalue weighted by atomic mass is 9.80. The van der Waals surface area contributed by atoms with Crippen LogP contribution in [0.2, 0.25) is 0 Å². The minimum absolute atomic E-state index is 0.0501. The molecular formula is C25H36N2O3. The number of benzene rings is 1. The zero-order valence-corrected chi connectivity index (χ0v) is 18.2. The molecule has 1 aromatic carbocycles. The molecule has 4 unspecified atom stereocenters. The van der Waals surface area contributed by atoms with E-state index in [9.17, 15) is 9.59 Å². The van der Waals surface area contributed by atoms with E-state index in [0.29, 0.717) is 24.3 Å². The van der Waals surface area contributed by atoms with Gasteiger partial charge in [-0.15, -0.1) is 0 Å². The number of esters is 1. The van der Waals surface area contributed by atoms with Crippen LogP contribution in [0.5, 0.6) is 0 Å². The maximum atomic E-state index is 12.9. The average molecular weight is 413 g/mol. The van der Waals surface area contributed by atoms with Gasteiger partial charge >= 0.3 is 5.97 Å². The van der Waals surface area contributed by atoms with Crippen LogP contribution in [-0.2, 0) is 20.7 Å². The molecule has 0 bridgehead atoms. The summed E-state index contributed by atoms with van der Waals surface area (Å²) in [5, 5.41) is 3.26. The Morgan fingerprint density at radius 2 is 1.80 bits per heavy atom. The first-order valence-corrected chi connectivity index (χ1v) is 11.8. The Bertz CT molecular complexity index is 714. The van der Waals surface area contributed by atoms with Crippen molar-refractivity contribution in [2.24, 2.45) is 23.7 Å². The van der Waals surface area contributed by atoms with Crippen LogP contribution < -0.4 is 5.32 Å². The molecule has 164 valence electrons. The van der Waals surface area contributed by atoms with E-state index in [0.717, 1.165) is 45.2 Å². The first-order chi connectivity index (χ1) is 14.6. The predicted molar refractivity (Wildman–Crippen MR) is 117 cm³/mol. The van der Waals surface area contributed by atoms with Gasteiger partial charge in [0.25, 0.3) is 0 Å². The van der Waals surface area contributed by atoms with Crippen molar-refractivity contribution < 1.29 is 14.3 Å². The topological polar surface area (TPSA) is 58.6 Å². The van der Waals surface area contributed by atoms with Crippen LogP contribution in [0, 0.1) is 23.7 Å². The van der Waals surface area contributed by atoms with E-state index in [1.807, 2.05) is 0 Å². The second-order valence-corrected chi connectivity index (χ2v) is 9.58. The molecule has 2 aliphatic carbocycles. The third kappa shape index (κ3) is 5.05. The fourth-order valence-corrected chi connectivity index (χ4v) is 6.11. The highest BCUT2D eigenvalue weighted by Crippen LogP contribution is 2.45. The van der Waals surface area contributed by atoms with Gasteiger partial charge < -0.3 is 10.1 Å². The number of nitrogens with one attached hydrogen (secondary N) is 1. The molecule has 1 aliphatic heterocycles. The second kappa shape index (κ2) is 9.95. The summed E-state index contributed by atoms with van der Waals surface area (Å²) in [4.78, 5) is 27.5. The fraction of sp³-hybridized carbons (Fsp3) is 0.680. The monoisotopic (exact) mass is 412 g/mol. The van der Waals surface area contributed by atoms with Crippen molar-refractivity contribution >= 4 is 11.9 Å². The van der Waals surface area contributed by atoms with Gasteiger partial charge in [0.1, 0.15) is 0 Å². The number of hydrogen-bond donors (Lipinski definition) is 1. The van der Waals surface area contributed by atoms with Crippen molar-refractivity contribution in [1.82, 2.24) is 10.2 Å². The molecule has 0 radical (unpaired) electrons. The van der Waals surface area contributed by atoms with Gasteiger partial charge in [0, 0.05) is 6.04 Å². The van der Waals surface area contributed by atoms with Gasteiger partial charge in [0.15, 0.2) is 0 Å². The van der Waals surface area contributed by atoms with Crippen molar-refractivity contribution in [3.05, 3.63) is 35.9 Å². The van der Waals surface area contributed by atoms with Crippen LogP contribution in [0.1, 0.15) is 50.5 Å². The van der Waals surface area contributed by atoms with Gasteiger partial charge in [-0.05, 0) is 68.5 Å². The van der Waals surface area contributed by atoms with Crippen molar-refractivity contribution in [3.63, 3.8) is 0 Å². The highest BCUT2D eigenvalue weighted by atomic mass is 16.5. The molecule has 4 rings (SSSR count). The molecule has 0 aromatic heterocycles. The molecule has 1 saturated heterocycles. The summed E-state index contributed by atoms with van der Waals surface area (Å²) in [5.74, 6) is 1.43. The largest absolute Gasteiger partial charge is 0.469 e. The molecule has 1 heterocycles. The van der Waals surface area contributed by atoms with E-state index < -0.39 is 0 Å². The van der Waals surface area contributed by atoms with Gasteiger partial charge in [-0.3, -0.25) is 14.5 Å². The number of likely N-dealkylation sites (tertiary alicyclic amines) is 1. The number of nitrogens with zero attached hydrogens (tertiary/aromatic N) is 1. The lowest BCUT2D eigenvalue weighted by molar-refractivity contribution is -0.146. The van der Waals surface area contributed by atoms with Gasteiger partial charge in [-0.25, -0.2) is 0 Å². The Hall–Kier alpha value is -1.88. The summed E-state index contributed by atoms with van der Waals surface area (Å²) in [5.41, 5.74) is 1.41. The lowest BCUT2D eigenvalue weighted by Gasteiger charge is -2.33. The normalized spacial score (nSPS) is 29.9. The highest BCUT2D eigenvalue weighted by molar-refractivity contribution is 5.80. The Balaban J connectivity index is 1.27. The maximum Gasteiger partial charge on any atom is 0.310 e. The summed E-state index contributed by atoms with van der Waals surface area (Å²) < 4.78 is 5.06. The standard InChI is InChI=1S/C25H36N2O3/c1-30-25(29)22-16-20-9-5-6-10-21(20)24(22)26-23(28)17-27-13-11-19(12-14-27)15-18-7-3-2-4-8-18/h2-4,7-8,19-22,24H,5-6,9-17H2,1H3,(H,26,28). The molecular weight excluding hydrogens is 376 g/mol. The average Bonchev–Trinajstić information content (AvgIpc) is 3.13. The summed E-state index contributed by atoms with van der Waals surface area (Å²) in [6.07, 6.45) is 9.03. The molecule has 1 amide bonds. The summed E-state index contributed by atoms with van der Waals surface area (Å²) in [6, 6.07) is 10.6. The summed E-state index contributed by atoms with van der Waals surface area (Å²) in [6.45, 7) is 2.39. The van der Waals surface area contributed by atoms with Crippen molar-refractivity contribution in [2.75, 3.05) is 26.7 Å². The van der Waals surface area contributed by atoms with E-state index in [1.54, 1.807) is 0 Å². The number of ether oxygens (including phenoxy) is 1. The molecule has 5 heteroatoms. The van der Waals surface area contributed by atoms with E-state index in [2.05, 4.69) is 40.5 Å². The number of fused-ring (bicyclic) bond motifs is 1. The van der Waals surface area contributed by atoms with Crippen LogP contribution in [0.4, 0.5) is 0 Å². The lowest BCUT2D eigenvalue weighted by Crippen LogP contribution is -2.49. The third-order valence-electron chi connectivity index (χ3n) is 7.69. The van der Waals surface area contributed by atoms with Crippen molar-refractivity contribution in [2.45, 2.75) is 57.4 Å². The number of carbonyl (C=O) groups excluding carboxylic acids is 2. The minimum Gasteiger partial charge on any atom is -0.469 e. The van der Waals surface area contributed by atoms with Crippen LogP contribution in [0.25, 0.3) is 0 Å². The Morgan fingerprint density at radius 1 is 1.07 bits per heavy atom. The molecule has 4 atom stereocenters. The number of rotatable bonds is 6. The molecule has 3 aliphatic rings. The maximum absolute atomic E-state index is 12.9.